The van der Waals surface area contributed by atoms with Crippen LogP contribution in [0.5, 0.6) is 0 Å². The molecule has 1 saturated heterocycles. The number of ether oxygens (including phenoxy) is 1. The summed E-state index contributed by atoms with van der Waals surface area (Å²) in [5, 5.41) is 18.5. The molecule has 1 aliphatic heterocycles. The Morgan fingerprint density at radius 1 is 1.22 bits per heavy atom. The summed E-state index contributed by atoms with van der Waals surface area (Å²) >= 11 is 6.31. The number of carbonyl (C=O) groups is 2. The maximum Gasteiger partial charge on any atom is 0.404 e. The first-order chi connectivity index (χ1) is 17.3. The zero-order valence-corrected chi connectivity index (χ0v) is 22.5. The zero-order chi connectivity index (χ0) is 26.0. The van der Waals surface area contributed by atoms with Crippen molar-refractivity contribution < 1.29 is 19.4 Å². The lowest BCUT2D eigenvalue weighted by Crippen LogP contribution is -2.54. The van der Waals surface area contributed by atoms with Gasteiger partial charge in [-0.2, -0.15) is 0 Å². The van der Waals surface area contributed by atoms with Crippen LogP contribution in [0.25, 0.3) is 0 Å². The van der Waals surface area contributed by atoms with Crippen LogP contribution in [0, 0.1) is 11.8 Å². The number of halogens is 1. The molecule has 8 nitrogen and oxygen atoms in total. The molecule has 1 aliphatic carbocycles. The minimum atomic E-state index is -1.08. The van der Waals surface area contributed by atoms with Gasteiger partial charge in [0.2, 0.25) is 0 Å². The number of rotatable bonds is 11. The van der Waals surface area contributed by atoms with Gasteiger partial charge in [-0.25, -0.2) is 9.59 Å². The SMILES string of the molecule is CNC[C@H](CC1CCCCC1)NC(=O)N1CCC[C@@H]([C@@](C)(OCCNC(=O)O)c2cccc(Cl)c2)C1. The van der Waals surface area contributed by atoms with E-state index in [-0.39, 0.29) is 31.1 Å². The van der Waals surface area contributed by atoms with Crippen molar-refractivity contribution in [2.75, 3.05) is 39.8 Å². The number of nitrogens with zero attached hydrogens (tertiary/aromatic N) is 1. The van der Waals surface area contributed by atoms with E-state index in [2.05, 4.69) is 16.0 Å². The van der Waals surface area contributed by atoms with Gasteiger partial charge < -0.3 is 30.7 Å². The van der Waals surface area contributed by atoms with Crippen LogP contribution < -0.4 is 16.0 Å². The molecule has 0 aromatic heterocycles. The Morgan fingerprint density at radius 3 is 2.69 bits per heavy atom. The van der Waals surface area contributed by atoms with E-state index < -0.39 is 11.7 Å². The number of benzene rings is 1. The molecule has 0 unspecified atom stereocenters. The van der Waals surface area contributed by atoms with Gasteiger partial charge in [-0.05, 0) is 56.8 Å². The van der Waals surface area contributed by atoms with Crippen molar-refractivity contribution in [3.05, 3.63) is 34.9 Å². The van der Waals surface area contributed by atoms with E-state index in [4.69, 9.17) is 21.4 Å². The fourth-order valence-corrected chi connectivity index (χ4v) is 5.99. The minimum absolute atomic E-state index is 0.0169. The third kappa shape index (κ3) is 8.25. The van der Waals surface area contributed by atoms with E-state index in [1.165, 1.54) is 32.1 Å². The number of hydrogen-bond donors (Lipinski definition) is 4. The van der Waals surface area contributed by atoms with Crippen LogP contribution in [0.15, 0.2) is 24.3 Å². The molecular weight excluding hydrogens is 480 g/mol. The highest BCUT2D eigenvalue weighted by Gasteiger charge is 2.41. The van der Waals surface area contributed by atoms with Gasteiger partial charge in [0.25, 0.3) is 0 Å². The Morgan fingerprint density at radius 2 is 2.00 bits per heavy atom. The van der Waals surface area contributed by atoms with Crippen molar-refractivity contribution in [1.82, 2.24) is 20.9 Å². The fourth-order valence-electron chi connectivity index (χ4n) is 5.80. The molecule has 0 spiro atoms. The molecule has 9 heteroatoms. The van der Waals surface area contributed by atoms with E-state index in [1.54, 1.807) is 0 Å². The smallest absolute Gasteiger partial charge is 0.404 e. The topological polar surface area (TPSA) is 103 Å². The molecule has 3 amide bonds. The molecule has 1 aromatic rings. The Hall–Kier alpha value is -2.03. The molecule has 1 heterocycles. The first kappa shape index (κ1) is 28.5. The highest BCUT2D eigenvalue weighted by Crippen LogP contribution is 2.39. The largest absolute Gasteiger partial charge is 0.465 e. The second-order valence-electron chi connectivity index (χ2n) is 10.4. The molecule has 0 radical (unpaired) electrons. The Kier molecular flexibility index (Phi) is 11.1. The van der Waals surface area contributed by atoms with Crippen molar-refractivity contribution in [1.29, 1.82) is 0 Å². The van der Waals surface area contributed by atoms with Crippen molar-refractivity contribution in [3.8, 4) is 0 Å². The lowest BCUT2D eigenvalue weighted by molar-refractivity contribution is -0.0925. The van der Waals surface area contributed by atoms with Crippen molar-refractivity contribution in [2.45, 2.75) is 69.9 Å². The van der Waals surface area contributed by atoms with Gasteiger partial charge in [0.15, 0.2) is 0 Å². The van der Waals surface area contributed by atoms with Crippen molar-refractivity contribution >= 4 is 23.7 Å². The van der Waals surface area contributed by atoms with Crippen LogP contribution in [0.3, 0.4) is 0 Å². The predicted molar refractivity (Wildman–Crippen MR) is 143 cm³/mol. The maximum absolute atomic E-state index is 13.4. The van der Waals surface area contributed by atoms with Crippen LogP contribution in [-0.4, -0.2) is 68.0 Å². The maximum atomic E-state index is 13.4. The highest BCUT2D eigenvalue weighted by atomic mass is 35.5. The molecule has 2 fully saturated rings. The molecule has 36 heavy (non-hydrogen) atoms. The number of nitrogens with one attached hydrogen (secondary N) is 3. The molecule has 3 rings (SSSR count). The van der Waals surface area contributed by atoms with E-state index >= 15 is 0 Å². The molecule has 1 saturated carbocycles. The number of carboxylic acid groups (broad SMARTS) is 1. The second kappa shape index (κ2) is 14.1. The lowest BCUT2D eigenvalue weighted by atomic mass is 9.78. The first-order valence-electron chi connectivity index (χ1n) is 13.4. The van der Waals surface area contributed by atoms with Crippen LogP contribution in [0.4, 0.5) is 9.59 Å². The van der Waals surface area contributed by atoms with Crippen LogP contribution in [0.2, 0.25) is 5.02 Å². The number of likely N-dealkylation sites (tertiary alicyclic amines) is 1. The number of carbonyl (C=O) groups excluding carboxylic acids is 1. The van der Waals surface area contributed by atoms with Gasteiger partial charge >= 0.3 is 12.1 Å². The first-order valence-corrected chi connectivity index (χ1v) is 13.8. The lowest BCUT2D eigenvalue weighted by Gasteiger charge is -2.44. The predicted octanol–water partition coefficient (Wildman–Crippen LogP) is 4.82. The third-order valence-corrected chi connectivity index (χ3v) is 8.02. The van der Waals surface area contributed by atoms with Crippen LogP contribution in [-0.2, 0) is 10.3 Å². The summed E-state index contributed by atoms with van der Waals surface area (Å²) in [6, 6.07) is 7.71. The van der Waals surface area contributed by atoms with Gasteiger partial charge in [-0.3, -0.25) is 0 Å². The number of hydrogen-bond acceptors (Lipinski definition) is 4. The number of amides is 3. The van der Waals surface area contributed by atoms with Gasteiger partial charge in [-0.1, -0.05) is 55.8 Å². The van der Waals surface area contributed by atoms with E-state index in [0.717, 1.165) is 31.4 Å². The zero-order valence-electron chi connectivity index (χ0n) is 21.7. The summed E-state index contributed by atoms with van der Waals surface area (Å²) in [6.45, 7) is 4.48. The average Bonchev–Trinajstić information content (AvgIpc) is 2.87. The monoisotopic (exact) mass is 522 g/mol. The van der Waals surface area contributed by atoms with Gasteiger partial charge in [0.1, 0.15) is 0 Å². The Labute approximate surface area is 220 Å². The number of likely N-dealkylation sites (N-methyl/N-ethyl adjacent to an activating group) is 1. The number of piperidine rings is 1. The summed E-state index contributed by atoms with van der Waals surface area (Å²) in [4.78, 5) is 26.2. The number of urea groups is 1. The Balaban J connectivity index is 1.68. The van der Waals surface area contributed by atoms with Crippen LogP contribution >= 0.6 is 11.6 Å². The molecule has 0 bridgehead atoms. The molecule has 2 aliphatic rings. The summed E-state index contributed by atoms with van der Waals surface area (Å²) in [7, 11) is 1.93. The summed E-state index contributed by atoms with van der Waals surface area (Å²) in [6.07, 6.45) is 8.16. The Bertz CT molecular complexity index is 851. The standard InChI is InChI=1S/C27H43ClN4O4/c1-27(36-15-13-30-26(34)35,21-10-6-12-23(28)17-21)22-11-7-14-32(19-22)25(33)31-24(18-29-2)16-20-8-4-3-5-9-20/h6,10,12,17,20,22,24,29-30H,3-5,7-9,11,13-16,18-19H2,1-2H3,(H,31,33)(H,34,35)/t22-,24+,27+/m1/s1. The quantitative estimate of drug-likeness (QED) is 0.312. The average molecular weight is 523 g/mol. The van der Waals surface area contributed by atoms with E-state index in [0.29, 0.717) is 24.0 Å². The molecule has 4 N–H and O–H groups in total. The van der Waals surface area contributed by atoms with E-state index in [1.807, 2.05) is 43.1 Å². The molecule has 3 atom stereocenters. The van der Waals surface area contributed by atoms with Crippen molar-refractivity contribution in [2.24, 2.45) is 11.8 Å². The highest BCUT2D eigenvalue weighted by molar-refractivity contribution is 6.30. The fraction of sp³-hybridized carbons (Fsp3) is 0.704. The summed E-state index contributed by atoms with van der Waals surface area (Å²) < 4.78 is 6.36. The summed E-state index contributed by atoms with van der Waals surface area (Å²) in [5.41, 5.74) is 0.221. The van der Waals surface area contributed by atoms with Gasteiger partial charge in [0.05, 0.1) is 12.2 Å². The van der Waals surface area contributed by atoms with Gasteiger partial charge in [0, 0.05) is 43.2 Å². The molecule has 1 aromatic carbocycles. The normalized spacial score (nSPS) is 21.4. The third-order valence-electron chi connectivity index (χ3n) is 7.79. The van der Waals surface area contributed by atoms with Crippen molar-refractivity contribution in [3.63, 3.8) is 0 Å². The second-order valence-corrected chi connectivity index (χ2v) is 10.9. The van der Waals surface area contributed by atoms with Crippen LogP contribution in [0.1, 0.15) is 63.9 Å². The minimum Gasteiger partial charge on any atom is -0.465 e. The van der Waals surface area contributed by atoms with Gasteiger partial charge in [-0.15, -0.1) is 0 Å². The molecule has 202 valence electrons. The summed E-state index contributed by atoms with van der Waals surface area (Å²) in [5.74, 6) is 0.729. The van der Waals surface area contributed by atoms with E-state index in [9.17, 15) is 9.59 Å². The molecular formula is C27H43ClN4O4.